The molecular weight excluding hydrogens is 805 g/mol. The molecule has 0 N–H and O–H groups in total. The summed E-state index contributed by atoms with van der Waals surface area (Å²) in [6.45, 7) is 6.54. The van der Waals surface area contributed by atoms with Crippen molar-refractivity contribution in [2.75, 3.05) is 13.2 Å². The highest BCUT2D eigenvalue weighted by molar-refractivity contribution is 5.71. The highest BCUT2D eigenvalue weighted by Crippen LogP contribution is 2.15. The maximum absolute atomic E-state index is 12.8. The first-order valence-electron chi connectivity index (χ1n) is 28.1. The van der Waals surface area contributed by atoms with Gasteiger partial charge in [-0.15, -0.1) is 0 Å². The zero-order chi connectivity index (χ0) is 47.2. The van der Waals surface area contributed by atoms with Gasteiger partial charge in [-0.3, -0.25) is 14.4 Å². The molecule has 0 aliphatic heterocycles. The van der Waals surface area contributed by atoms with E-state index in [1.54, 1.807) is 0 Å². The Kier molecular flexibility index (Phi) is 51.8. The van der Waals surface area contributed by atoms with Gasteiger partial charge >= 0.3 is 17.9 Å². The molecule has 0 fully saturated rings. The zero-order valence-corrected chi connectivity index (χ0v) is 43.3. The van der Waals surface area contributed by atoms with E-state index in [1.165, 1.54) is 167 Å². The molecule has 0 radical (unpaired) electrons. The highest BCUT2D eigenvalue weighted by atomic mass is 16.6. The summed E-state index contributed by atoms with van der Waals surface area (Å²) in [6.07, 6.45) is 65.7. The number of allylic oxidation sites excluding steroid dienone is 8. The summed E-state index contributed by atoms with van der Waals surface area (Å²) in [7, 11) is 0. The van der Waals surface area contributed by atoms with Crippen molar-refractivity contribution in [1.82, 2.24) is 0 Å². The number of carbonyl (C=O) groups excluding carboxylic acids is 3. The monoisotopic (exact) mass is 911 g/mol. The Morgan fingerprint density at radius 1 is 0.308 bits per heavy atom. The number of esters is 3. The lowest BCUT2D eigenvalue weighted by molar-refractivity contribution is -0.167. The van der Waals surface area contributed by atoms with Gasteiger partial charge in [0.25, 0.3) is 0 Å². The summed E-state index contributed by atoms with van der Waals surface area (Å²) >= 11 is 0. The van der Waals surface area contributed by atoms with Crippen LogP contribution < -0.4 is 0 Å². The fraction of sp³-hybridized carbons (Fsp3) is 0.814. The normalized spacial score (nSPS) is 12.4. The van der Waals surface area contributed by atoms with Crippen molar-refractivity contribution in [2.24, 2.45) is 0 Å². The van der Waals surface area contributed by atoms with Crippen LogP contribution in [0.1, 0.15) is 290 Å². The molecule has 6 nitrogen and oxygen atoms in total. The van der Waals surface area contributed by atoms with E-state index in [2.05, 4.69) is 69.4 Å². The van der Waals surface area contributed by atoms with E-state index in [4.69, 9.17) is 14.2 Å². The smallest absolute Gasteiger partial charge is 0.306 e. The SMILES string of the molecule is CCCCC/C=C\C/C=C\C/C=C\CCCCCCCCC(=O)OC(COC(=O)CCCCCCC)COC(=O)CCCCCCCCCCCCC/C=C\CCCCCCCCCC. The Balaban J connectivity index is 4.11. The van der Waals surface area contributed by atoms with Crippen molar-refractivity contribution in [1.29, 1.82) is 0 Å². The van der Waals surface area contributed by atoms with Crippen molar-refractivity contribution in [2.45, 2.75) is 297 Å². The quantitative estimate of drug-likeness (QED) is 0.0262. The van der Waals surface area contributed by atoms with Crippen LogP contribution >= 0.6 is 0 Å². The minimum Gasteiger partial charge on any atom is -0.462 e. The number of hydrogen-bond acceptors (Lipinski definition) is 6. The lowest BCUT2D eigenvalue weighted by Gasteiger charge is -2.18. The Bertz CT molecular complexity index is 1140. The van der Waals surface area contributed by atoms with E-state index < -0.39 is 6.10 Å². The molecule has 0 saturated carbocycles. The summed E-state index contributed by atoms with van der Waals surface area (Å²) in [4.78, 5) is 37.8. The predicted molar refractivity (Wildman–Crippen MR) is 279 cm³/mol. The van der Waals surface area contributed by atoms with E-state index in [9.17, 15) is 14.4 Å². The van der Waals surface area contributed by atoms with Gasteiger partial charge in [-0.1, -0.05) is 236 Å². The van der Waals surface area contributed by atoms with Gasteiger partial charge in [0, 0.05) is 19.3 Å². The topological polar surface area (TPSA) is 78.9 Å². The van der Waals surface area contributed by atoms with Crippen LogP contribution in [0.15, 0.2) is 48.6 Å². The van der Waals surface area contributed by atoms with Gasteiger partial charge in [-0.25, -0.2) is 0 Å². The second-order valence-corrected chi connectivity index (χ2v) is 18.8. The molecule has 0 saturated heterocycles. The largest absolute Gasteiger partial charge is 0.462 e. The first kappa shape index (κ1) is 62.4. The van der Waals surface area contributed by atoms with Crippen molar-refractivity contribution in [3.05, 3.63) is 48.6 Å². The van der Waals surface area contributed by atoms with Crippen LogP contribution in [-0.2, 0) is 28.6 Å². The molecule has 1 atom stereocenters. The van der Waals surface area contributed by atoms with E-state index in [0.29, 0.717) is 19.3 Å². The van der Waals surface area contributed by atoms with Crippen LogP contribution in [-0.4, -0.2) is 37.2 Å². The summed E-state index contributed by atoms with van der Waals surface area (Å²) in [5, 5.41) is 0. The van der Waals surface area contributed by atoms with Crippen LogP contribution in [0.25, 0.3) is 0 Å². The minimum absolute atomic E-state index is 0.0777. The number of rotatable bonds is 51. The first-order chi connectivity index (χ1) is 32.0. The molecule has 0 aliphatic rings. The molecule has 0 amide bonds. The van der Waals surface area contributed by atoms with Crippen LogP contribution in [0, 0.1) is 0 Å². The molecule has 378 valence electrons. The summed E-state index contributed by atoms with van der Waals surface area (Å²) in [5.74, 6) is -0.896. The Morgan fingerprint density at radius 3 is 0.908 bits per heavy atom. The van der Waals surface area contributed by atoms with Crippen molar-refractivity contribution < 1.29 is 28.6 Å². The average molecular weight is 911 g/mol. The second kappa shape index (κ2) is 54.0. The molecule has 65 heavy (non-hydrogen) atoms. The molecule has 0 rings (SSSR count). The van der Waals surface area contributed by atoms with Crippen molar-refractivity contribution in [3.8, 4) is 0 Å². The average Bonchev–Trinajstić information content (AvgIpc) is 3.30. The summed E-state index contributed by atoms with van der Waals surface area (Å²) < 4.78 is 16.7. The molecule has 0 aromatic rings. The van der Waals surface area contributed by atoms with Gasteiger partial charge in [0.05, 0.1) is 0 Å². The van der Waals surface area contributed by atoms with Gasteiger partial charge < -0.3 is 14.2 Å². The highest BCUT2D eigenvalue weighted by Gasteiger charge is 2.19. The molecule has 0 heterocycles. The number of carbonyl (C=O) groups is 3. The third-order valence-corrected chi connectivity index (χ3v) is 12.3. The molecule has 0 aromatic heterocycles. The second-order valence-electron chi connectivity index (χ2n) is 18.8. The molecule has 0 spiro atoms. The van der Waals surface area contributed by atoms with Gasteiger partial charge in [-0.2, -0.15) is 0 Å². The standard InChI is InChI=1S/C59H106O6/c1-4-7-10-13-15-17-19-21-23-25-27-28-29-30-32-33-35-37-39-41-43-46-49-52-58(61)64-55-56(54-63-57(60)51-48-45-12-9-6-3)65-59(62)53-50-47-44-42-40-38-36-34-31-26-24-22-20-18-16-14-11-8-5-2/h16,18,22,24-25,27,31,34,56H,4-15,17,19-21,23,26,28-30,32-33,35-55H2,1-3H3/b18-16-,24-22-,27-25-,34-31-. The molecule has 0 bridgehead atoms. The minimum atomic E-state index is -0.776. The van der Waals surface area contributed by atoms with E-state index >= 15 is 0 Å². The Morgan fingerprint density at radius 2 is 0.554 bits per heavy atom. The molecule has 6 heteroatoms. The fourth-order valence-corrected chi connectivity index (χ4v) is 8.03. The van der Waals surface area contributed by atoms with E-state index in [1.807, 2.05) is 0 Å². The lowest BCUT2D eigenvalue weighted by Crippen LogP contribution is -2.30. The van der Waals surface area contributed by atoms with Gasteiger partial charge in [-0.05, 0) is 83.5 Å². The van der Waals surface area contributed by atoms with Crippen LogP contribution in [0.4, 0.5) is 0 Å². The third-order valence-electron chi connectivity index (χ3n) is 12.3. The summed E-state index contributed by atoms with van der Waals surface area (Å²) in [5.41, 5.74) is 0. The summed E-state index contributed by atoms with van der Waals surface area (Å²) in [6, 6.07) is 0. The zero-order valence-electron chi connectivity index (χ0n) is 43.3. The number of hydrogen-bond donors (Lipinski definition) is 0. The Hall–Kier alpha value is -2.63. The maximum Gasteiger partial charge on any atom is 0.306 e. The van der Waals surface area contributed by atoms with Gasteiger partial charge in [0.2, 0.25) is 0 Å². The fourth-order valence-electron chi connectivity index (χ4n) is 8.03. The van der Waals surface area contributed by atoms with Crippen LogP contribution in [0.2, 0.25) is 0 Å². The molecular formula is C59H106O6. The van der Waals surface area contributed by atoms with Gasteiger partial charge in [0.1, 0.15) is 13.2 Å². The first-order valence-corrected chi connectivity index (χ1v) is 28.1. The van der Waals surface area contributed by atoms with E-state index in [-0.39, 0.29) is 31.1 Å². The van der Waals surface area contributed by atoms with Crippen LogP contribution in [0.5, 0.6) is 0 Å². The number of ether oxygens (including phenoxy) is 3. The van der Waals surface area contributed by atoms with Crippen molar-refractivity contribution >= 4 is 17.9 Å². The number of unbranched alkanes of at least 4 members (excludes halogenated alkanes) is 32. The third kappa shape index (κ3) is 52.2. The Labute approximate surface area is 403 Å². The maximum atomic E-state index is 12.8. The predicted octanol–water partition coefficient (Wildman–Crippen LogP) is 18.7. The van der Waals surface area contributed by atoms with Gasteiger partial charge in [0.15, 0.2) is 6.10 Å². The van der Waals surface area contributed by atoms with E-state index in [0.717, 1.165) is 83.5 Å². The molecule has 1 unspecified atom stereocenters. The van der Waals surface area contributed by atoms with Crippen molar-refractivity contribution in [3.63, 3.8) is 0 Å². The molecule has 0 aromatic carbocycles. The van der Waals surface area contributed by atoms with Crippen LogP contribution in [0.3, 0.4) is 0 Å². The lowest BCUT2D eigenvalue weighted by atomic mass is 10.0. The molecule has 0 aliphatic carbocycles.